The van der Waals surface area contributed by atoms with Crippen molar-refractivity contribution < 1.29 is 19.1 Å². The van der Waals surface area contributed by atoms with Crippen molar-refractivity contribution in [1.82, 2.24) is 4.90 Å². The minimum Gasteiger partial charge on any atom is -0.462 e. The second-order valence-electron chi connectivity index (χ2n) is 10.4. The van der Waals surface area contributed by atoms with E-state index >= 15 is 0 Å². The number of benzene rings is 3. The number of ether oxygens (including phenoxy) is 1. The van der Waals surface area contributed by atoms with E-state index in [2.05, 4.69) is 50.4 Å². The lowest BCUT2D eigenvalue weighted by molar-refractivity contribution is 0.0526. The molecule has 2 aliphatic heterocycles. The first-order valence-electron chi connectivity index (χ1n) is 13.7. The summed E-state index contributed by atoms with van der Waals surface area (Å²) in [5, 5.41) is 3.61. The van der Waals surface area contributed by atoms with Gasteiger partial charge in [-0.2, -0.15) is 0 Å². The van der Waals surface area contributed by atoms with E-state index in [0.717, 1.165) is 38.0 Å². The molecule has 1 unspecified atom stereocenters. The number of amides is 1. The average molecular weight is 601 g/mol. The Morgan fingerprint density at radius 3 is 2.55 bits per heavy atom. The molecule has 3 aromatic carbocycles. The van der Waals surface area contributed by atoms with E-state index in [4.69, 9.17) is 4.74 Å². The first-order valence-corrected chi connectivity index (χ1v) is 14.5. The number of nitrogens with zero attached hydrogens (tertiary/aromatic N) is 2. The largest absolute Gasteiger partial charge is 0.462 e. The number of ketones is 1. The summed E-state index contributed by atoms with van der Waals surface area (Å²) in [5.74, 6) is -0.863. The molecule has 8 heteroatoms. The lowest BCUT2D eigenvalue weighted by Gasteiger charge is -2.38. The van der Waals surface area contributed by atoms with Crippen LogP contribution >= 0.6 is 15.9 Å². The van der Waals surface area contributed by atoms with Gasteiger partial charge in [-0.05, 0) is 55.2 Å². The molecule has 1 saturated heterocycles. The van der Waals surface area contributed by atoms with Crippen LogP contribution in [0.25, 0.3) is 6.08 Å². The van der Waals surface area contributed by atoms with Gasteiger partial charge in [0.25, 0.3) is 5.91 Å². The Labute approximate surface area is 241 Å². The fourth-order valence-electron chi connectivity index (χ4n) is 5.87. The zero-order valence-electron chi connectivity index (χ0n) is 22.2. The maximum absolute atomic E-state index is 14.2. The van der Waals surface area contributed by atoms with Gasteiger partial charge < -0.3 is 10.1 Å². The monoisotopic (exact) mass is 599 g/mol. The molecule has 1 fully saturated rings. The zero-order chi connectivity index (χ0) is 27.8. The van der Waals surface area contributed by atoms with E-state index in [0.29, 0.717) is 32.5 Å². The molecule has 204 valence electrons. The van der Waals surface area contributed by atoms with Crippen molar-refractivity contribution in [2.24, 2.45) is 0 Å². The van der Waals surface area contributed by atoms with Gasteiger partial charge >= 0.3 is 5.97 Å². The van der Waals surface area contributed by atoms with Crippen LogP contribution in [0.5, 0.6) is 0 Å². The normalized spacial score (nSPS) is 18.6. The van der Waals surface area contributed by atoms with Gasteiger partial charge in [-0.3, -0.25) is 19.4 Å². The molecule has 1 N–H and O–H groups in total. The number of carbonyl (C=O) groups excluding carboxylic acids is 3. The van der Waals surface area contributed by atoms with Crippen molar-refractivity contribution in [3.63, 3.8) is 0 Å². The van der Waals surface area contributed by atoms with Crippen molar-refractivity contribution in [2.75, 3.05) is 29.9 Å². The van der Waals surface area contributed by atoms with Gasteiger partial charge in [-0.1, -0.05) is 64.5 Å². The SMILES string of the molecule is CCOC(=O)c1cc(Br)cc(N2C(=O)c3c(NC4CCN(Cc5ccccc5)CC4)ccc4c3C(=O)C2C=C4)c1. The highest BCUT2D eigenvalue weighted by atomic mass is 79.9. The van der Waals surface area contributed by atoms with Gasteiger partial charge in [0.1, 0.15) is 6.04 Å². The first-order chi connectivity index (χ1) is 19.4. The van der Waals surface area contributed by atoms with Gasteiger partial charge in [0.15, 0.2) is 5.78 Å². The Balaban J connectivity index is 1.27. The van der Waals surface area contributed by atoms with E-state index < -0.39 is 12.0 Å². The number of nitrogens with one attached hydrogen (secondary N) is 1. The fraction of sp³-hybridized carbons (Fsp3) is 0.281. The highest BCUT2D eigenvalue weighted by Gasteiger charge is 2.43. The minimum absolute atomic E-state index is 0.119. The van der Waals surface area contributed by atoms with Crippen LogP contribution in [-0.2, 0) is 11.3 Å². The highest BCUT2D eigenvalue weighted by Crippen LogP contribution is 2.39. The molecular weight excluding hydrogens is 570 g/mol. The Morgan fingerprint density at radius 1 is 1.02 bits per heavy atom. The molecule has 6 rings (SSSR count). The maximum Gasteiger partial charge on any atom is 0.338 e. The standard InChI is InChI=1S/C32H30BrN3O4/c1-2-40-32(39)22-16-23(33)18-25(17-22)36-27-11-9-21-8-10-26(29(31(36)38)28(21)30(27)37)34-24-12-14-35(15-13-24)19-20-6-4-3-5-7-20/h3-11,16-18,24,27,34H,2,12-15,19H2,1H3. The van der Waals surface area contributed by atoms with E-state index in [1.54, 1.807) is 31.2 Å². The molecule has 0 radical (unpaired) electrons. The Hall–Kier alpha value is -3.75. The third kappa shape index (κ3) is 4.97. The molecule has 1 atom stereocenters. The van der Waals surface area contributed by atoms with Crippen LogP contribution in [0.3, 0.4) is 0 Å². The predicted octanol–water partition coefficient (Wildman–Crippen LogP) is 5.94. The number of rotatable bonds is 7. The fourth-order valence-corrected chi connectivity index (χ4v) is 6.35. The highest BCUT2D eigenvalue weighted by molar-refractivity contribution is 9.10. The second kappa shape index (κ2) is 11.0. The third-order valence-corrected chi connectivity index (χ3v) is 8.25. The summed E-state index contributed by atoms with van der Waals surface area (Å²) in [6, 6.07) is 18.7. The lowest BCUT2D eigenvalue weighted by atomic mass is 9.82. The van der Waals surface area contributed by atoms with Crippen LogP contribution in [-0.4, -0.2) is 54.3 Å². The van der Waals surface area contributed by atoms with Gasteiger partial charge in [0.2, 0.25) is 0 Å². The predicted molar refractivity (Wildman–Crippen MR) is 159 cm³/mol. The van der Waals surface area contributed by atoms with Crippen molar-refractivity contribution in [1.29, 1.82) is 0 Å². The van der Waals surface area contributed by atoms with Crippen molar-refractivity contribution in [3.8, 4) is 0 Å². The molecule has 7 nitrogen and oxygen atoms in total. The molecule has 40 heavy (non-hydrogen) atoms. The molecule has 2 heterocycles. The van der Waals surface area contributed by atoms with Crippen LogP contribution in [0, 0.1) is 0 Å². The van der Waals surface area contributed by atoms with Gasteiger partial charge in [0, 0.05) is 47.1 Å². The van der Waals surface area contributed by atoms with E-state index in [1.807, 2.05) is 24.3 Å². The summed E-state index contributed by atoms with van der Waals surface area (Å²) in [6.45, 7) is 4.81. The molecular formula is C32H30BrN3O4. The molecule has 3 aliphatic rings. The Morgan fingerprint density at radius 2 is 1.80 bits per heavy atom. The van der Waals surface area contributed by atoms with Crippen LogP contribution < -0.4 is 10.2 Å². The number of anilines is 2. The van der Waals surface area contributed by atoms with Crippen LogP contribution in [0.1, 0.15) is 62.0 Å². The summed E-state index contributed by atoms with van der Waals surface area (Å²) >= 11 is 3.46. The summed E-state index contributed by atoms with van der Waals surface area (Å²) < 4.78 is 5.80. The number of halogens is 1. The van der Waals surface area contributed by atoms with Crippen LogP contribution in [0.2, 0.25) is 0 Å². The zero-order valence-corrected chi connectivity index (χ0v) is 23.8. The lowest BCUT2D eigenvalue weighted by Crippen LogP contribution is -2.51. The van der Waals surface area contributed by atoms with Crippen LogP contribution in [0.4, 0.5) is 11.4 Å². The summed E-state index contributed by atoms with van der Waals surface area (Å²) in [4.78, 5) is 44.3. The molecule has 0 aromatic heterocycles. The number of esters is 1. The number of fused-ring (bicyclic) bond motifs is 1. The first kappa shape index (κ1) is 26.5. The summed E-state index contributed by atoms with van der Waals surface area (Å²) in [6.07, 6.45) is 5.53. The van der Waals surface area contributed by atoms with Crippen molar-refractivity contribution in [3.05, 3.63) is 99.0 Å². The van der Waals surface area contributed by atoms with E-state index in [9.17, 15) is 14.4 Å². The van der Waals surface area contributed by atoms with Crippen LogP contribution in [0.15, 0.2) is 71.2 Å². The van der Waals surface area contributed by atoms with E-state index in [-0.39, 0.29) is 24.3 Å². The molecule has 1 aliphatic carbocycles. The van der Waals surface area contributed by atoms with Crippen molar-refractivity contribution >= 4 is 51.0 Å². The number of Topliss-reactive ketones (excluding diaryl/α,β-unsaturated/α-hetero) is 1. The third-order valence-electron chi connectivity index (χ3n) is 7.79. The Bertz CT molecular complexity index is 1510. The number of hydrogen-bond acceptors (Lipinski definition) is 6. The van der Waals surface area contributed by atoms with Gasteiger partial charge in [0.05, 0.1) is 17.7 Å². The Kier molecular flexibility index (Phi) is 7.29. The molecule has 0 spiro atoms. The van der Waals surface area contributed by atoms with Gasteiger partial charge in [-0.25, -0.2) is 4.79 Å². The molecule has 1 amide bonds. The maximum atomic E-state index is 14.2. The van der Waals surface area contributed by atoms with Gasteiger partial charge in [-0.15, -0.1) is 0 Å². The minimum atomic E-state index is -0.770. The van der Waals surface area contributed by atoms with Crippen molar-refractivity contribution in [2.45, 2.75) is 38.4 Å². The second-order valence-corrected chi connectivity index (χ2v) is 11.3. The summed E-state index contributed by atoms with van der Waals surface area (Å²) in [5.41, 5.74) is 4.38. The number of hydrogen-bond donors (Lipinski definition) is 1. The number of likely N-dealkylation sites (tertiary alicyclic amines) is 1. The molecule has 0 saturated carbocycles. The molecule has 2 bridgehead atoms. The topological polar surface area (TPSA) is 79.0 Å². The smallest absolute Gasteiger partial charge is 0.338 e. The summed E-state index contributed by atoms with van der Waals surface area (Å²) in [7, 11) is 0. The quantitative estimate of drug-likeness (QED) is 0.339. The molecule has 3 aromatic rings. The average Bonchev–Trinajstić information content (AvgIpc) is 2.95. The van der Waals surface area contributed by atoms with E-state index in [1.165, 1.54) is 10.5 Å². The number of piperidine rings is 1. The number of carbonyl (C=O) groups is 3.